The Bertz CT molecular complexity index is 389. The molecule has 0 aromatic heterocycles. The molecule has 0 radical (unpaired) electrons. The zero-order valence-electron chi connectivity index (χ0n) is 9.89. The SMILES string of the molecule is O=[N+]([O-])c1ccccc1CNCCCC1CC1. The molecule has 92 valence electrons. The Morgan fingerprint density at radius 1 is 1.35 bits per heavy atom. The van der Waals surface area contributed by atoms with E-state index in [2.05, 4.69) is 5.32 Å². The monoisotopic (exact) mass is 234 g/mol. The van der Waals surface area contributed by atoms with Crippen LogP contribution in [0.3, 0.4) is 0 Å². The molecule has 0 amide bonds. The van der Waals surface area contributed by atoms with E-state index < -0.39 is 0 Å². The summed E-state index contributed by atoms with van der Waals surface area (Å²) in [5, 5.41) is 14.1. The average molecular weight is 234 g/mol. The number of nitro benzene ring substituents is 1. The zero-order valence-corrected chi connectivity index (χ0v) is 9.89. The molecule has 2 rings (SSSR count). The first-order chi connectivity index (χ1) is 8.27. The fraction of sp³-hybridized carbons (Fsp3) is 0.538. The van der Waals surface area contributed by atoms with Crippen LogP contribution in [0, 0.1) is 16.0 Å². The van der Waals surface area contributed by atoms with E-state index in [1.165, 1.54) is 25.7 Å². The minimum atomic E-state index is -0.318. The highest BCUT2D eigenvalue weighted by molar-refractivity contribution is 5.39. The molecule has 4 nitrogen and oxygen atoms in total. The van der Waals surface area contributed by atoms with Gasteiger partial charge in [0.25, 0.3) is 5.69 Å². The van der Waals surface area contributed by atoms with Crippen LogP contribution in [0.4, 0.5) is 5.69 Å². The van der Waals surface area contributed by atoms with Crippen molar-refractivity contribution in [1.29, 1.82) is 0 Å². The Labute approximate surface area is 101 Å². The lowest BCUT2D eigenvalue weighted by molar-refractivity contribution is -0.385. The summed E-state index contributed by atoms with van der Waals surface area (Å²) >= 11 is 0. The molecule has 1 aliphatic rings. The van der Waals surface area contributed by atoms with E-state index in [0.717, 1.165) is 18.0 Å². The third-order valence-corrected chi connectivity index (χ3v) is 3.17. The van der Waals surface area contributed by atoms with Crippen molar-refractivity contribution >= 4 is 5.69 Å². The van der Waals surface area contributed by atoms with Gasteiger partial charge >= 0.3 is 0 Å². The molecule has 0 heterocycles. The van der Waals surface area contributed by atoms with Gasteiger partial charge in [-0.15, -0.1) is 0 Å². The highest BCUT2D eigenvalue weighted by atomic mass is 16.6. The van der Waals surface area contributed by atoms with E-state index >= 15 is 0 Å². The van der Waals surface area contributed by atoms with Crippen molar-refractivity contribution in [2.45, 2.75) is 32.2 Å². The molecule has 4 heteroatoms. The predicted octanol–water partition coefficient (Wildman–Crippen LogP) is 2.87. The minimum absolute atomic E-state index is 0.210. The number of nitro groups is 1. The van der Waals surface area contributed by atoms with Crippen LogP contribution in [0.15, 0.2) is 24.3 Å². The molecule has 0 aliphatic heterocycles. The quantitative estimate of drug-likeness (QED) is 0.448. The number of hydrogen-bond donors (Lipinski definition) is 1. The smallest absolute Gasteiger partial charge is 0.273 e. The van der Waals surface area contributed by atoms with Crippen molar-refractivity contribution in [3.63, 3.8) is 0 Å². The summed E-state index contributed by atoms with van der Waals surface area (Å²) in [4.78, 5) is 10.5. The Kier molecular flexibility index (Phi) is 4.09. The molecular formula is C13H18N2O2. The first-order valence-corrected chi connectivity index (χ1v) is 6.20. The summed E-state index contributed by atoms with van der Waals surface area (Å²) in [6.45, 7) is 1.53. The number of hydrogen-bond acceptors (Lipinski definition) is 3. The van der Waals surface area contributed by atoms with Crippen LogP contribution in [0.5, 0.6) is 0 Å². The Morgan fingerprint density at radius 3 is 2.82 bits per heavy atom. The van der Waals surface area contributed by atoms with E-state index in [-0.39, 0.29) is 10.6 Å². The summed E-state index contributed by atoms with van der Waals surface area (Å²) in [7, 11) is 0. The maximum absolute atomic E-state index is 10.8. The van der Waals surface area contributed by atoms with Gasteiger partial charge in [-0.25, -0.2) is 0 Å². The van der Waals surface area contributed by atoms with Crippen LogP contribution in [0.2, 0.25) is 0 Å². The molecule has 0 saturated heterocycles. The van der Waals surface area contributed by atoms with Crippen LogP contribution < -0.4 is 5.32 Å². The first-order valence-electron chi connectivity index (χ1n) is 6.20. The fourth-order valence-corrected chi connectivity index (χ4v) is 1.98. The normalized spacial score (nSPS) is 14.8. The summed E-state index contributed by atoms with van der Waals surface area (Å²) < 4.78 is 0. The summed E-state index contributed by atoms with van der Waals surface area (Å²) in [6, 6.07) is 6.91. The average Bonchev–Trinajstić information content (AvgIpc) is 3.13. The van der Waals surface area contributed by atoms with Crippen LogP contribution >= 0.6 is 0 Å². The zero-order chi connectivity index (χ0) is 12.1. The van der Waals surface area contributed by atoms with Gasteiger partial charge in [-0.3, -0.25) is 10.1 Å². The molecule has 0 atom stereocenters. The second kappa shape index (κ2) is 5.77. The second-order valence-electron chi connectivity index (χ2n) is 4.65. The highest BCUT2D eigenvalue weighted by Gasteiger charge is 2.19. The lowest BCUT2D eigenvalue weighted by Crippen LogP contribution is -2.15. The van der Waals surface area contributed by atoms with Crippen molar-refractivity contribution in [2.75, 3.05) is 6.54 Å². The maximum Gasteiger partial charge on any atom is 0.273 e. The highest BCUT2D eigenvalue weighted by Crippen LogP contribution is 2.33. The van der Waals surface area contributed by atoms with Gasteiger partial charge in [0.2, 0.25) is 0 Å². The van der Waals surface area contributed by atoms with Gasteiger partial charge in [-0.2, -0.15) is 0 Å². The Balaban J connectivity index is 1.75. The molecule has 0 unspecified atom stereocenters. The minimum Gasteiger partial charge on any atom is -0.312 e. The van der Waals surface area contributed by atoms with Crippen LogP contribution in [0.25, 0.3) is 0 Å². The molecular weight excluding hydrogens is 216 g/mol. The molecule has 1 aromatic carbocycles. The summed E-state index contributed by atoms with van der Waals surface area (Å²) in [6.07, 6.45) is 5.25. The fourth-order valence-electron chi connectivity index (χ4n) is 1.98. The van der Waals surface area contributed by atoms with E-state index in [1.807, 2.05) is 12.1 Å². The van der Waals surface area contributed by atoms with Gasteiger partial charge in [-0.1, -0.05) is 31.0 Å². The number of benzene rings is 1. The third kappa shape index (κ3) is 3.82. The molecule has 0 spiro atoms. The van der Waals surface area contributed by atoms with Crippen LogP contribution in [-0.2, 0) is 6.54 Å². The van der Waals surface area contributed by atoms with Crippen molar-refractivity contribution < 1.29 is 4.92 Å². The van der Waals surface area contributed by atoms with Crippen molar-refractivity contribution in [3.05, 3.63) is 39.9 Å². The number of nitrogens with one attached hydrogen (secondary N) is 1. The van der Waals surface area contributed by atoms with Crippen molar-refractivity contribution in [1.82, 2.24) is 5.32 Å². The van der Waals surface area contributed by atoms with E-state index in [9.17, 15) is 10.1 Å². The van der Waals surface area contributed by atoms with Gasteiger partial charge in [-0.05, 0) is 25.3 Å². The largest absolute Gasteiger partial charge is 0.312 e. The topological polar surface area (TPSA) is 55.2 Å². The van der Waals surface area contributed by atoms with E-state index in [1.54, 1.807) is 12.1 Å². The third-order valence-electron chi connectivity index (χ3n) is 3.17. The van der Waals surface area contributed by atoms with Gasteiger partial charge in [0.15, 0.2) is 0 Å². The summed E-state index contributed by atoms with van der Waals surface area (Å²) in [5.41, 5.74) is 0.978. The van der Waals surface area contributed by atoms with Crippen molar-refractivity contribution in [3.8, 4) is 0 Å². The number of rotatable bonds is 7. The van der Waals surface area contributed by atoms with E-state index in [4.69, 9.17) is 0 Å². The van der Waals surface area contributed by atoms with Crippen LogP contribution in [-0.4, -0.2) is 11.5 Å². The lowest BCUT2D eigenvalue weighted by atomic mass is 10.1. The molecule has 1 N–H and O–H groups in total. The molecule has 1 aliphatic carbocycles. The predicted molar refractivity (Wildman–Crippen MR) is 66.8 cm³/mol. The Hall–Kier alpha value is -1.42. The van der Waals surface area contributed by atoms with Gasteiger partial charge in [0.05, 0.1) is 4.92 Å². The second-order valence-corrected chi connectivity index (χ2v) is 4.65. The first kappa shape index (κ1) is 12.0. The molecule has 17 heavy (non-hydrogen) atoms. The van der Waals surface area contributed by atoms with E-state index in [0.29, 0.717) is 6.54 Å². The molecule has 1 fully saturated rings. The van der Waals surface area contributed by atoms with Gasteiger partial charge in [0, 0.05) is 18.2 Å². The number of nitrogens with zero attached hydrogens (tertiary/aromatic N) is 1. The van der Waals surface area contributed by atoms with Gasteiger partial charge < -0.3 is 5.32 Å². The van der Waals surface area contributed by atoms with Gasteiger partial charge in [0.1, 0.15) is 0 Å². The molecule has 0 bridgehead atoms. The standard InChI is InChI=1S/C13H18N2O2/c16-15(17)13-6-2-1-5-12(13)10-14-9-3-4-11-7-8-11/h1-2,5-6,11,14H,3-4,7-10H2. The maximum atomic E-state index is 10.8. The lowest BCUT2D eigenvalue weighted by Gasteiger charge is -2.05. The molecule has 1 saturated carbocycles. The summed E-state index contributed by atoms with van der Waals surface area (Å²) in [5.74, 6) is 0.961. The Morgan fingerprint density at radius 2 is 2.12 bits per heavy atom. The van der Waals surface area contributed by atoms with Crippen LogP contribution in [0.1, 0.15) is 31.2 Å². The van der Waals surface area contributed by atoms with Crippen molar-refractivity contribution in [2.24, 2.45) is 5.92 Å². The molecule has 1 aromatic rings. The number of para-hydroxylation sites is 1.